The fourth-order valence-corrected chi connectivity index (χ4v) is 3.72. The number of aliphatic hydroxyl groups is 1. The van der Waals surface area contributed by atoms with Gasteiger partial charge in [-0.3, -0.25) is 0 Å². The van der Waals surface area contributed by atoms with Crippen molar-refractivity contribution in [1.82, 2.24) is 4.90 Å². The quantitative estimate of drug-likeness (QED) is 0.784. The predicted octanol–water partition coefficient (Wildman–Crippen LogP) is 3.35. The van der Waals surface area contributed by atoms with Crippen LogP contribution in [0.2, 0.25) is 0 Å². The number of nitrogens with one attached hydrogen (secondary N) is 1. The number of hydrogen-bond acceptors (Lipinski definition) is 4. The smallest absolute Gasteiger partial charge is 0.322 e. The minimum atomic E-state index is -0.620. The molecular weight excluding hydrogens is 356 g/mol. The molecule has 146 valence electrons. The molecule has 0 saturated heterocycles. The third-order valence-corrected chi connectivity index (χ3v) is 5.12. The van der Waals surface area contributed by atoms with Gasteiger partial charge in [-0.05, 0) is 23.8 Å². The zero-order valence-electron chi connectivity index (χ0n) is 15.8. The van der Waals surface area contributed by atoms with Crippen LogP contribution in [0.1, 0.15) is 17.5 Å². The molecule has 2 N–H and O–H groups in total. The lowest BCUT2D eigenvalue weighted by Gasteiger charge is -2.23. The fourth-order valence-electron chi connectivity index (χ4n) is 3.72. The van der Waals surface area contributed by atoms with Gasteiger partial charge < -0.3 is 24.8 Å². The van der Waals surface area contributed by atoms with Crippen molar-refractivity contribution in [3.05, 3.63) is 65.7 Å². The van der Waals surface area contributed by atoms with Crippen LogP contribution in [0.5, 0.6) is 11.5 Å². The van der Waals surface area contributed by atoms with Crippen LogP contribution in [0.4, 0.5) is 10.5 Å². The van der Waals surface area contributed by atoms with Gasteiger partial charge in [-0.2, -0.15) is 0 Å². The summed E-state index contributed by atoms with van der Waals surface area (Å²) in [5, 5.41) is 13.2. The number of amides is 2. The summed E-state index contributed by atoms with van der Waals surface area (Å²) in [5.74, 6) is 1.41. The lowest BCUT2D eigenvalue weighted by molar-refractivity contribution is 0.133. The number of benzene rings is 2. The highest BCUT2D eigenvalue weighted by atomic mass is 16.5. The van der Waals surface area contributed by atoms with Crippen LogP contribution in [0.15, 0.2) is 54.6 Å². The number of anilines is 1. The van der Waals surface area contributed by atoms with Crippen molar-refractivity contribution in [2.24, 2.45) is 0 Å². The van der Waals surface area contributed by atoms with E-state index in [9.17, 15) is 9.90 Å². The molecule has 2 amide bonds. The van der Waals surface area contributed by atoms with Gasteiger partial charge in [0.15, 0.2) is 11.5 Å². The third-order valence-electron chi connectivity index (χ3n) is 5.12. The number of nitrogens with zero attached hydrogens (tertiary/aromatic N) is 1. The van der Waals surface area contributed by atoms with Crippen molar-refractivity contribution in [2.45, 2.75) is 31.6 Å². The molecule has 0 spiro atoms. The molecule has 2 atom stereocenters. The minimum absolute atomic E-state index is 0.102. The van der Waals surface area contributed by atoms with E-state index in [0.717, 1.165) is 22.6 Å². The Labute approximate surface area is 164 Å². The van der Waals surface area contributed by atoms with E-state index in [0.29, 0.717) is 31.7 Å². The second kappa shape index (κ2) is 7.94. The Hall–Kier alpha value is -2.99. The molecule has 1 unspecified atom stereocenters. The second-order valence-electron chi connectivity index (χ2n) is 7.09. The Morgan fingerprint density at radius 1 is 1.25 bits per heavy atom. The zero-order chi connectivity index (χ0) is 19.5. The number of para-hydroxylation sites is 1. The van der Waals surface area contributed by atoms with Crippen molar-refractivity contribution in [3.8, 4) is 11.5 Å². The predicted molar refractivity (Wildman–Crippen MR) is 107 cm³/mol. The fraction of sp³-hybridized carbons (Fsp3) is 0.318. The van der Waals surface area contributed by atoms with E-state index in [4.69, 9.17) is 9.47 Å². The molecule has 0 saturated carbocycles. The van der Waals surface area contributed by atoms with Gasteiger partial charge in [0.1, 0.15) is 6.10 Å². The van der Waals surface area contributed by atoms with Crippen LogP contribution in [0, 0.1) is 0 Å². The van der Waals surface area contributed by atoms with Crippen LogP contribution >= 0.6 is 0 Å². The average molecular weight is 380 g/mol. The molecule has 4 rings (SSSR count). The number of aliphatic hydroxyl groups excluding tert-OH is 1. The van der Waals surface area contributed by atoms with Gasteiger partial charge in [-0.15, -0.1) is 0 Å². The Morgan fingerprint density at radius 2 is 2.07 bits per heavy atom. The van der Waals surface area contributed by atoms with E-state index in [1.807, 2.05) is 48.5 Å². The van der Waals surface area contributed by atoms with Crippen molar-refractivity contribution in [2.75, 3.05) is 19.0 Å². The van der Waals surface area contributed by atoms with Crippen molar-refractivity contribution < 1.29 is 19.4 Å². The lowest BCUT2D eigenvalue weighted by Crippen LogP contribution is -2.35. The van der Waals surface area contributed by atoms with E-state index in [2.05, 4.69) is 5.32 Å². The standard InChI is InChI=1S/C22H24N2O4/c1-27-20-10-9-15-14-24(22(26)23-16-6-3-2-4-7-16)11-5-8-17(25)12-18-13-19(15)21(20)28-18/h2-10,17-18,25H,11-14H2,1H3,(H,23,26)/b8-5+/t17-,18?/m0/s1. The number of fused-ring (bicyclic) bond motifs is 1. The number of methoxy groups -OCH3 is 1. The first-order valence-electron chi connectivity index (χ1n) is 9.45. The summed E-state index contributed by atoms with van der Waals surface area (Å²) in [7, 11) is 1.62. The van der Waals surface area contributed by atoms with E-state index < -0.39 is 6.10 Å². The Bertz CT molecular complexity index is 882. The van der Waals surface area contributed by atoms with Crippen LogP contribution in [-0.4, -0.2) is 41.9 Å². The van der Waals surface area contributed by atoms with E-state index in [1.54, 1.807) is 18.1 Å². The molecule has 2 aromatic rings. The zero-order valence-corrected chi connectivity index (χ0v) is 15.8. The molecule has 2 heterocycles. The maximum Gasteiger partial charge on any atom is 0.322 e. The van der Waals surface area contributed by atoms with Crippen molar-refractivity contribution in [1.29, 1.82) is 0 Å². The second-order valence-corrected chi connectivity index (χ2v) is 7.09. The average Bonchev–Trinajstić information content (AvgIpc) is 3.10. The van der Waals surface area contributed by atoms with Crippen molar-refractivity contribution in [3.63, 3.8) is 0 Å². The summed E-state index contributed by atoms with van der Waals surface area (Å²) in [6.45, 7) is 0.851. The molecule has 2 aliphatic heterocycles. The monoisotopic (exact) mass is 380 g/mol. The largest absolute Gasteiger partial charge is 0.493 e. The van der Waals surface area contributed by atoms with Crippen LogP contribution < -0.4 is 14.8 Å². The molecule has 6 heteroatoms. The number of urea groups is 1. The molecule has 6 nitrogen and oxygen atoms in total. The number of carbonyl (C=O) groups excluding carboxylic acids is 1. The van der Waals surface area contributed by atoms with Gasteiger partial charge in [0.25, 0.3) is 0 Å². The number of hydrogen-bond donors (Lipinski definition) is 2. The Kier molecular flexibility index (Phi) is 5.21. The first kappa shape index (κ1) is 18.4. The Morgan fingerprint density at radius 3 is 2.86 bits per heavy atom. The maximum absolute atomic E-state index is 12.9. The lowest BCUT2D eigenvalue weighted by atomic mass is 10.00. The van der Waals surface area contributed by atoms with Gasteiger partial charge in [-0.25, -0.2) is 4.79 Å². The van der Waals surface area contributed by atoms with Crippen molar-refractivity contribution >= 4 is 11.7 Å². The van der Waals surface area contributed by atoms with E-state index >= 15 is 0 Å². The van der Waals surface area contributed by atoms with Crippen LogP contribution in [-0.2, 0) is 13.0 Å². The molecule has 2 aliphatic rings. The summed E-state index contributed by atoms with van der Waals surface area (Å²) >= 11 is 0. The molecular formula is C22H24N2O4. The maximum atomic E-state index is 12.9. The molecule has 2 aromatic carbocycles. The number of rotatable bonds is 2. The third kappa shape index (κ3) is 3.82. The molecule has 0 aromatic heterocycles. The summed E-state index contributed by atoms with van der Waals surface area (Å²) in [6.07, 6.45) is 4.05. The normalized spacial score (nSPS) is 22.0. The molecule has 0 aliphatic carbocycles. The number of ether oxygens (including phenoxy) is 2. The Balaban J connectivity index is 1.64. The van der Waals surface area contributed by atoms with Gasteiger partial charge in [-0.1, -0.05) is 36.4 Å². The van der Waals surface area contributed by atoms with Gasteiger partial charge in [0, 0.05) is 37.2 Å². The molecule has 2 bridgehead atoms. The van der Waals surface area contributed by atoms with Gasteiger partial charge in [0.2, 0.25) is 0 Å². The van der Waals surface area contributed by atoms with Gasteiger partial charge >= 0.3 is 6.03 Å². The highest BCUT2D eigenvalue weighted by Gasteiger charge is 2.31. The summed E-state index contributed by atoms with van der Waals surface area (Å²) in [4.78, 5) is 14.6. The van der Waals surface area contributed by atoms with E-state index in [1.165, 1.54) is 0 Å². The first-order chi connectivity index (χ1) is 13.6. The summed E-state index contributed by atoms with van der Waals surface area (Å²) in [5.41, 5.74) is 2.83. The molecule has 28 heavy (non-hydrogen) atoms. The first-order valence-corrected chi connectivity index (χ1v) is 9.45. The summed E-state index contributed by atoms with van der Waals surface area (Å²) in [6, 6.07) is 13.1. The van der Waals surface area contributed by atoms with Gasteiger partial charge in [0.05, 0.1) is 13.2 Å². The highest BCUT2D eigenvalue weighted by Crippen LogP contribution is 2.41. The SMILES string of the molecule is COc1ccc2c3c1OC(C3)C[C@@H](O)/C=C/CN(C(=O)Nc1ccccc1)C2. The van der Waals surface area contributed by atoms with Crippen LogP contribution in [0.25, 0.3) is 0 Å². The highest BCUT2D eigenvalue weighted by molar-refractivity contribution is 5.89. The molecule has 0 fully saturated rings. The van der Waals surface area contributed by atoms with E-state index in [-0.39, 0.29) is 12.1 Å². The molecule has 0 radical (unpaired) electrons. The number of carbonyl (C=O) groups is 1. The van der Waals surface area contributed by atoms with Crippen LogP contribution in [0.3, 0.4) is 0 Å². The summed E-state index contributed by atoms with van der Waals surface area (Å²) < 4.78 is 11.5. The minimum Gasteiger partial charge on any atom is -0.493 e. The topological polar surface area (TPSA) is 71.0 Å².